The number of carboxylic acid groups (broad SMARTS) is 2. The molecule has 228 valence electrons. The van der Waals surface area contributed by atoms with Crippen LogP contribution in [0, 0.1) is 10.1 Å². The summed E-state index contributed by atoms with van der Waals surface area (Å²) in [6.07, 6.45) is 2.14. The van der Waals surface area contributed by atoms with Crippen LogP contribution in [0.15, 0.2) is 58.3 Å². The first-order valence-corrected chi connectivity index (χ1v) is 13.0. The molecule has 43 heavy (non-hydrogen) atoms. The van der Waals surface area contributed by atoms with Crippen molar-refractivity contribution in [1.29, 1.82) is 0 Å². The molecule has 16 heteroatoms. The number of aromatic nitrogens is 3. The van der Waals surface area contributed by atoms with Gasteiger partial charge in [0.25, 0.3) is 5.56 Å². The topological polar surface area (TPSA) is 207 Å². The molecule has 16 nitrogen and oxygen atoms in total. The monoisotopic (exact) mass is 598 g/mol. The summed E-state index contributed by atoms with van der Waals surface area (Å²) in [6.45, 7) is 3.82. The van der Waals surface area contributed by atoms with Gasteiger partial charge in [0.2, 0.25) is 5.78 Å². The fourth-order valence-electron chi connectivity index (χ4n) is 4.26. The quantitative estimate of drug-likeness (QED) is 0.112. The van der Waals surface area contributed by atoms with Gasteiger partial charge >= 0.3 is 23.3 Å². The van der Waals surface area contributed by atoms with Crippen molar-refractivity contribution in [2.75, 3.05) is 44.2 Å². The van der Waals surface area contributed by atoms with Gasteiger partial charge < -0.3 is 19.8 Å². The smallest absolute Gasteiger partial charge is 0.414 e. The maximum absolute atomic E-state index is 12.6. The van der Waals surface area contributed by atoms with E-state index >= 15 is 0 Å². The van der Waals surface area contributed by atoms with Gasteiger partial charge in [-0.2, -0.15) is 0 Å². The molecule has 1 saturated heterocycles. The maximum Gasteiger partial charge on any atom is 0.414 e. The van der Waals surface area contributed by atoms with Crippen LogP contribution in [-0.4, -0.2) is 91.2 Å². The second-order valence-electron chi connectivity index (χ2n) is 9.37. The van der Waals surface area contributed by atoms with Crippen LogP contribution >= 0.6 is 0 Å². The van der Waals surface area contributed by atoms with Crippen LogP contribution in [-0.2, 0) is 23.7 Å². The van der Waals surface area contributed by atoms with E-state index < -0.39 is 22.6 Å². The van der Waals surface area contributed by atoms with Crippen molar-refractivity contribution in [3.05, 3.63) is 90.9 Å². The highest BCUT2D eigenvalue weighted by molar-refractivity contribution is 6.27. The van der Waals surface area contributed by atoms with Crippen LogP contribution in [0.1, 0.15) is 22.5 Å². The highest BCUT2D eigenvalue weighted by Gasteiger charge is 2.22. The number of carboxylic acids is 2. The molecule has 1 fully saturated rings. The number of ether oxygens (including phenoxy) is 1. The minimum absolute atomic E-state index is 0.110. The second kappa shape index (κ2) is 14.5. The zero-order valence-electron chi connectivity index (χ0n) is 23.4. The lowest BCUT2D eigenvalue weighted by atomic mass is 10.1. The summed E-state index contributed by atoms with van der Waals surface area (Å²) in [4.78, 5) is 74.3. The molecular formula is C27H30N6O10. The van der Waals surface area contributed by atoms with Gasteiger partial charge in [-0.15, -0.1) is 0 Å². The van der Waals surface area contributed by atoms with Crippen molar-refractivity contribution in [2.45, 2.75) is 6.42 Å². The van der Waals surface area contributed by atoms with E-state index in [0.717, 1.165) is 24.2 Å². The number of carbonyl (C=O) groups excluding carboxylic acids is 1. The standard InChI is InChI=1S/C25H28N6O6.C2H2O4/c1-27-22(17-23(32)28(2)25(27)34)30-13-11-29(12-14-30)10-5-15-37-21-8-7-18(16-20(21)31(35)36)24(33)19-6-3-4-9-26-19;3-1(4)2(5)6/h3-4,6-9,16-17H,5,10-15H2,1-2H3;(H,3,4)(H,5,6). The van der Waals surface area contributed by atoms with Gasteiger partial charge in [-0.1, -0.05) is 6.07 Å². The third kappa shape index (κ3) is 8.32. The van der Waals surface area contributed by atoms with Gasteiger partial charge in [0.1, 0.15) is 11.5 Å². The summed E-state index contributed by atoms with van der Waals surface area (Å²) < 4.78 is 8.25. The third-order valence-electron chi connectivity index (χ3n) is 6.57. The molecule has 3 aromatic rings. The number of benzene rings is 1. The van der Waals surface area contributed by atoms with E-state index in [1.54, 1.807) is 25.2 Å². The van der Waals surface area contributed by atoms with Crippen LogP contribution in [0.4, 0.5) is 11.5 Å². The van der Waals surface area contributed by atoms with Gasteiger partial charge in [-0.05, 0) is 30.7 Å². The van der Waals surface area contributed by atoms with E-state index in [1.807, 2.05) is 4.90 Å². The highest BCUT2D eigenvalue weighted by atomic mass is 16.6. The third-order valence-corrected chi connectivity index (χ3v) is 6.57. The number of hydrogen-bond acceptors (Lipinski definition) is 11. The first-order chi connectivity index (χ1) is 20.4. The molecule has 1 aliphatic rings. The fraction of sp³-hybridized carbons (Fsp3) is 0.333. The van der Waals surface area contributed by atoms with E-state index in [1.165, 1.54) is 42.1 Å². The molecule has 3 heterocycles. The number of pyridine rings is 1. The lowest BCUT2D eigenvalue weighted by Gasteiger charge is -2.36. The summed E-state index contributed by atoms with van der Waals surface area (Å²) in [5.41, 5.74) is -0.576. The lowest BCUT2D eigenvalue weighted by molar-refractivity contribution is -0.385. The molecule has 2 aromatic heterocycles. The number of aliphatic carboxylic acids is 2. The molecule has 0 bridgehead atoms. The Morgan fingerprint density at radius 1 is 0.977 bits per heavy atom. The minimum Gasteiger partial charge on any atom is -0.487 e. The number of rotatable bonds is 9. The Hall–Kier alpha value is -5.38. The number of piperazine rings is 1. The van der Waals surface area contributed by atoms with Crippen molar-refractivity contribution in [3.8, 4) is 5.75 Å². The molecule has 1 aliphatic heterocycles. The molecule has 4 rings (SSSR count). The molecule has 0 spiro atoms. The molecule has 1 aromatic carbocycles. The van der Waals surface area contributed by atoms with E-state index in [0.29, 0.717) is 25.3 Å². The summed E-state index contributed by atoms with van der Waals surface area (Å²) in [6, 6.07) is 10.6. The van der Waals surface area contributed by atoms with Gasteiger partial charge in [-0.25, -0.2) is 14.4 Å². The Morgan fingerprint density at radius 2 is 1.65 bits per heavy atom. The Bertz CT molecular complexity index is 1600. The van der Waals surface area contributed by atoms with E-state index in [2.05, 4.69) is 9.88 Å². The lowest BCUT2D eigenvalue weighted by Crippen LogP contribution is -2.49. The van der Waals surface area contributed by atoms with Gasteiger partial charge in [0.05, 0.1) is 11.5 Å². The molecule has 0 saturated carbocycles. The predicted octanol–water partition coefficient (Wildman–Crippen LogP) is 0.365. The Labute approximate surface area is 244 Å². The van der Waals surface area contributed by atoms with E-state index in [4.69, 9.17) is 24.5 Å². The maximum atomic E-state index is 12.6. The summed E-state index contributed by atoms with van der Waals surface area (Å²) in [7, 11) is 3.11. The van der Waals surface area contributed by atoms with Crippen molar-refractivity contribution >= 4 is 29.2 Å². The Balaban J connectivity index is 0.000000765. The van der Waals surface area contributed by atoms with Crippen molar-refractivity contribution in [2.24, 2.45) is 14.1 Å². The predicted molar refractivity (Wildman–Crippen MR) is 152 cm³/mol. The normalized spacial score (nSPS) is 13.0. The summed E-state index contributed by atoms with van der Waals surface area (Å²) in [5, 5.41) is 26.4. The number of anilines is 1. The molecule has 2 N–H and O–H groups in total. The van der Waals surface area contributed by atoms with Crippen LogP contribution < -0.4 is 20.9 Å². The van der Waals surface area contributed by atoms with Gasteiger partial charge in [-0.3, -0.25) is 38.7 Å². The SMILES string of the molecule is Cn1c(N2CCN(CCCOc3ccc(C(=O)c4ccccn4)cc3[N+](=O)[O-])CC2)cc(=O)n(C)c1=O.O=C(O)C(=O)O. The first-order valence-electron chi connectivity index (χ1n) is 13.0. The molecule has 0 aliphatic carbocycles. The van der Waals surface area contributed by atoms with Gasteiger partial charge in [0.15, 0.2) is 5.75 Å². The highest BCUT2D eigenvalue weighted by Crippen LogP contribution is 2.29. The number of carbonyl (C=O) groups is 3. The van der Waals surface area contributed by atoms with Crippen molar-refractivity contribution in [3.63, 3.8) is 0 Å². The number of hydrogen-bond donors (Lipinski definition) is 2. The fourth-order valence-corrected chi connectivity index (χ4v) is 4.26. The van der Waals surface area contributed by atoms with E-state index in [-0.39, 0.29) is 40.6 Å². The molecule has 0 amide bonds. The van der Waals surface area contributed by atoms with Crippen LogP contribution in [0.2, 0.25) is 0 Å². The zero-order chi connectivity index (χ0) is 31.7. The number of ketones is 1. The zero-order valence-corrected chi connectivity index (χ0v) is 23.4. The first kappa shape index (κ1) is 32.1. The largest absolute Gasteiger partial charge is 0.487 e. The van der Waals surface area contributed by atoms with Crippen LogP contribution in [0.25, 0.3) is 0 Å². The minimum atomic E-state index is -1.82. The Morgan fingerprint density at radius 3 is 2.23 bits per heavy atom. The molecule has 0 atom stereocenters. The average Bonchev–Trinajstić information content (AvgIpc) is 3.00. The average molecular weight is 599 g/mol. The van der Waals surface area contributed by atoms with Gasteiger partial charge in [0, 0.05) is 70.7 Å². The Kier molecular flexibility index (Phi) is 10.8. The summed E-state index contributed by atoms with van der Waals surface area (Å²) >= 11 is 0. The van der Waals surface area contributed by atoms with Crippen molar-refractivity contribution < 1.29 is 34.3 Å². The number of nitro groups is 1. The van der Waals surface area contributed by atoms with Crippen LogP contribution in [0.5, 0.6) is 5.75 Å². The van der Waals surface area contributed by atoms with E-state index in [9.17, 15) is 24.5 Å². The molecule has 0 radical (unpaired) electrons. The van der Waals surface area contributed by atoms with Crippen molar-refractivity contribution in [1.82, 2.24) is 19.0 Å². The molecule has 0 unspecified atom stereocenters. The van der Waals surface area contributed by atoms with Crippen LogP contribution in [0.3, 0.4) is 0 Å². The second-order valence-corrected chi connectivity index (χ2v) is 9.37. The number of nitrogens with zero attached hydrogens (tertiary/aromatic N) is 6. The summed E-state index contributed by atoms with van der Waals surface area (Å²) in [5.74, 6) is -3.33. The molecular weight excluding hydrogens is 568 g/mol. The number of nitro benzene ring substituents is 1.